The first-order valence-electron chi connectivity index (χ1n) is 4.98. The van der Waals surface area contributed by atoms with Crippen LogP contribution in [0.4, 0.5) is 0 Å². The summed E-state index contributed by atoms with van der Waals surface area (Å²) in [5.74, 6) is -1.10. The van der Waals surface area contributed by atoms with Crippen LogP contribution in [0.25, 0.3) is 16.2 Å². The largest absolute Gasteiger partial charge is 0.476 e. The minimum atomic E-state index is -1.10. The van der Waals surface area contributed by atoms with Gasteiger partial charge in [-0.1, -0.05) is 11.6 Å². The van der Waals surface area contributed by atoms with E-state index in [0.717, 1.165) is 4.88 Å². The molecule has 3 aromatic heterocycles. The average Bonchev–Trinajstić information content (AvgIpc) is 2.93. The number of imidazole rings is 1. The monoisotopic (exact) mass is 279 g/mol. The number of hydrogen-bond acceptors (Lipinski definition) is 4. The first kappa shape index (κ1) is 11.2. The van der Waals surface area contributed by atoms with Crippen LogP contribution in [0.1, 0.15) is 10.5 Å². The quantitative estimate of drug-likeness (QED) is 0.783. The number of aromatic carboxylic acids is 1. The summed E-state index contributed by atoms with van der Waals surface area (Å²) in [7, 11) is 0. The summed E-state index contributed by atoms with van der Waals surface area (Å²) >= 11 is 7.26. The van der Waals surface area contributed by atoms with Crippen molar-refractivity contribution < 1.29 is 9.90 Å². The predicted molar refractivity (Wildman–Crippen MR) is 68.3 cm³/mol. The van der Waals surface area contributed by atoms with Crippen LogP contribution in [0.2, 0.25) is 4.34 Å². The van der Waals surface area contributed by atoms with Gasteiger partial charge in [-0.2, -0.15) is 0 Å². The Bertz CT molecular complexity index is 750. The summed E-state index contributed by atoms with van der Waals surface area (Å²) in [6.45, 7) is 0. The molecule has 0 aliphatic carbocycles. The second-order valence-corrected chi connectivity index (χ2v) is 5.26. The highest BCUT2D eigenvalue weighted by atomic mass is 35.5. The smallest absolute Gasteiger partial charge is 0.358 e. The van der Waals surface area contributed by atoms with Gasteiger partial charge in [0.15, 0.2) is 11.3 Å². The molecule has 5 nitrogen and oxygen atoms in total. The zero-order valence-electron chi connectivity index (χ0n) is 8.87. The van der Waals surface area contributed by atoms with Gasteiger partial charge in [-0.15, -0.1) is 11.3 Å². The fraction of sp³-hybridized carbons (Fsp3) is 0. The number of fused-ring (bicyclic) bond motifs is 1. The molecule has 0 radical (unpaired) electrons. The van der Waals surface area contributed by atoms with Crippen LogP contribution in [0.3, 0.4) is 0 Å². The predicted octanol–water partition coefficient (Wildman–Crippen LogP) is 2.81. The van der Waals surface area contributed by atoms with E-state index in [1.165, 1.54) is 17.5 Å². The Kier molecular flexibility index (Phi) is 2.53. The maximum atomic E-state index is 11.0. The molecule has 0 amide bonds. The molecule has 90 valence electrons. The number of carboxylic acid groups (broad SMARTS) is 1. The second-order valence-electron chi connectivity index (χ2n) is 3.54. The van der Waals surface area contributed by atoms with Crippen LogP contribution >= 0.6 is 22.9 Å². The van der Waals surface area contributed by atoms with Gasteiger partial charge in [0.25, 0.3) is 0 Å². The fourth-order valence-corrected chi connectivity index (χ4v) is 2.64. The molecule has 0 aliphatic heterocycles. The zero-order chi connectivity index (χ0) is 12.7. The van der Waals surface area contributed by atoms with E-state index in [0.29, 0.717) is 15.7 Å². The zero-order valence-corrected chi connectivity index (χ0v) is 10.4. The molecule has 3 aromatic rings. The molecule has 0 aliphatic rings. The summed E-state index contributed by atoms with van der Waals surface area (Å²) in [6, 6.07) is 3.63. The van der Waals surface area contributed by atoms with Crippen LogP contribution < -0.4 is 0 Å². The van der Waals surface area contributed by atoms with E-state index >= 15 is 0 Å². The Morgan fingerprint density at radius 1 is 1.44 bits per heavy atom. The summed E-state index contributed by atoms with van der Waals surface area (Å²) in [4.78, 5) is 20.0. The molecular weight excluding hydrogens is 274 g/mol. The Labute approximate surface area is 110 Å². The lowest BCUT2D eigenvalue weighted by atomic mass is 10.4. The molecule has 3 heterocycles. The topological polar surface area (TPSA) is 67.5 Å². The Morgan fingerprint density at radius 2 is 2.28 bits per heavy atom. The maximum Gasteiger partial charge on any atom is 0.358 e. The van der Waals surface area contributed by atoms with Crippen LogP contribution in [0.5, 0.6) is 0 Å². The van der Waals surface area contributed by atoms with Gasteiger partial charge >= 0.3 is 5.97 Å². The SMILES string of the molecule is O=C(O)c1nccn2cc(-c3ccc(Cl)s3)nc12. The minimum absolute atomic E-state index is 0.0635. The molecule has 3 rings (SSSR count). The Balaban J connectivity index is 2.22. The van der Waals surface area contributed by atoms with Gasteiger partial charge in [-0.25, -0.2) is 14.8 Å². The second kappa shape index (κ2) is 4.08. The first-order valence-corrected chi connectivity index (χ1v) is 6.17. The van der Waals surface area contributed by atoms with Gasteiger partial charge in [0.1, 0.15) is 0 Å². The molecular formula is C11H6ClN3O2S. The molecule has 7 heteroatoms. The molecule has 18 heavy (non-hydrogen) atoms. The molecule has 0 unspecified atom stereocenters. The van der Waals surface area contributed by atoms with Crippen molar-refractivity contribution in [3.63, 3.8) is 0 Å². The number of halogens is 1. The molecule has 0 saturated heterocycles. The van der Waals surface area contributed by atoms with Crippen molar-refractivity contribution in [3.05, 3.63) is 40.8 Å². The van der Waals surface area contributed by atoms with Crippen molar-refractivity contribution in [2.45, 2.75) is 0 Å². The van der Waals surface area contributed by atoms with Crippen molar-refractivity contribution in [1.29, 1.82) is 0 Å². The van der Waals surface area contributed by atoms with E-state index in [1.807, 2.05) is 6.07 Å². The Hall–Kier alpha value is -1.92. The molecule has 0 atom stereocenters. The summed E-state index contributed by atoms with van der Waals surface area (Å²) in [5, 5.41) is 9.03. The third kappa shape index (κ3) is 1.75. The van der Waals surface area contributed by atoms with Crippen LogP contribution in [-0.2, 0) is 0 Å². The third-order valence-corrected chi connectivity index (χ3v) is 3.66. The van der Waals surface area contributed by atoms with E-state index < -0.39 is 5.97 Å². The van der Waals surface area contributed by atoms with Crippen LogP contribution in [0, 0.1) is 0 Å². The highest BCUT2D eigenvalue weighted by Crippen LogP contribution is 2.30. The lowest BCUT2D eigenvalue weighted by Crippen LogP contribution is -2.03. The van der Waals surface area contributed by atoms with Crippen molar-refractivity contribution in [3.8, 4) is 10.6 Å². The molecule has 0 spiro atoms. The van der Waals surface area contributed by atoms with E-state index in [1.54, 1.807) is 22.9 Å². The fourth-order valence-electron chi connectivity index (χ4n) is 1.64. The number of rotatable bonds is 2. The highest BCUT2D eigenvalue weighted by Gasteiger charge is 2.14. The first-order chi connectivity index (χ1) is 8.65. The lowest BCUT2D eigenvalue weighted by molar-refractivity contribution is 0.0692. The van der Waals surface area contributed by atoms with E-state index in [9.17, 15) is 4.79 Å². The average molecular weight is 280 g/mol. The highest BCUT2D eigenvalue weighted by molar-refractivity contribution is 7.19. The molecule has 0 fully saturated rings. The van der Waals surface area contributed by atoms with Gasteiger partial charge in [0.05, 0.1) is 14.9 Å². The van der Waals surface area contributed by atoms with Gasteiger partial charge in [0, 0.05) is 18.6 Å². The summed E-state index contributed by atoms with van der Waals surface area (Å²) in [6.07, 6.45) is 4.85. The Morgan fingerprint density at radius 3 is 2.94 bits per heavy atom. The van der Waals surface area contributed by atoms with Gasteiger partial charge in [0.2, 0.25) is 0 Å². The molecule has 0 aromatic carbocycles. The maximum absolute atomic E-state index is 11.0. The van der Waals surface area contributed by atoms with Crippen molar-refractivity contribution in [2.24, 2.45) is 0 Å². The van der Waals surface area contributed by atoms with E-state index in [-0.39, 0.29) is 5.69 Å². The number of carbonyl (C=O) groups is 1. The van der Waals surface area contributed by atoms with Crippen molar-refractivity contribution >= 4 is 34.6 Å². The number of aromatic nitrogens is 3. The van der Waals surface area contributed by atoms with Gasteiger partial charge < -0.3 is 9.51 Å². The minimum Gasteiger partial charge on any atom is -0.476 e. The standard InChI is InChI=1S/C11H6ClN3O2S/c12-8-2-1-7(18-8)6-5-15-4-3-13-9(11(16)17)10(15)14-6/h1-5H,(H,16,17). The van der Waals surface area contributed by atoms with E-state index in [4.69, 9.17) is 16.7 Å². The number of nitrogens with zero attached hydrogens (tertiary/aromatic N) is 3. The van der Waals surface area contributed by atoms with Crippen molar-refractivity contribution in [1.82, 2.24) is 14.4 Å². The van der Waals surface area contributed by atoms with Crippen LogP contribution in [0.15, 0.2) is 30.7 Å². The molecule has 1 N–H and O–H groups in total. The normalized spacial score (nSPS) is 10.9. The third-order valence-electron chi connectivity index (χ3n) is 2.40. The number of hydrogen-bond donors (Lipinski definition) is 1. The number of thiophene rings is 1. The van der Waals surface area contributed by atoms with Crippen molar-refractivity contribution in [2.75, 3.05) is 0 Å². The van der Waals surface area contributed by atoms with Gasteiger partial charge in [-0.3, -0.25) is 0 Å². The summed E-state index contributed by atoms with van der Waals surface area (Å²) in [5.41, 5.74) is 0.943. The van der Waals surface area contributed by atoms with E-state index in [2.05, 4.69) is 9.97 Å². The van der Waals surface area contributed by atoms with Gasteiger partial charge in [-0.05, 0) is 12.1 Å². The number of carboxylic acids is 1. The summed E-state index contributed by atoms with van der Waals surface area (Å²) < 4.78 is 2.30. The molecule has 0 bridgehead atoms. The molecule has 0 saturated carbocycles. The lowest BCUT2D eigenvalue weighted by Gasteiger charge is -1.95. The van der Waals surface area contributed by atoms with Crippen LogP contribution in [-0.4, -0.2) is 25.4 Å².